The predicted octanol–water partition coefficient (Wildman–Crippen LogP) is 1.92. The summed E-state index contributed by atoms with van der Waals surface area (Å²) in [5.74, 6) is 0.630. The van der Waals surface area contributed by atoms with Crippen LogP contribution in [0.25, 0.3) is 0 Å². The predicted molar refractivity (Wildman–Crippen MR) is 57.9 cm³/mol. The summed E-state index contributed by atoms with van der Waals surface area (Å²) in [5, 5.41) is 6.29. The molecule has 0 saturated heterocycles. The van der Waals surface area contributed by atoms with E-state index in [1.807, 2.05) is 20.0 Å². The first kappa shape index (κ1) is 17.5. The Hall–Kier alpha value is -0.595. The average molecular weight is 169 g/mol. The van der Waals surface area contributed by atoms with Crippen molar-refractivity contribution in [1.29, 1.82) is 0 Å². The van der Waals surface area contributed by atoms with Gasteiger partial charge in [-0.1, -0.05) is 35.1 Å². The summed E-state index contributed by atoms with van der Waals surface area (Å²) < 4.78 is 0. The van der Waals surface area contributed by atoms with Gasteiger partial charge in [-0.3, -0.25) is 0 Å². The quantitative estimate of drug-likeness (QED) is 0.586. The van der Waals surface area contributed by atoms with Gasteiger partial charge in [0.05, 0.1) is 6.67 Å². The van der Waals surface area contributed by atoms with Crippen LogP contribution in [0.1, 0.15) is 35.1 Å². The Labute approximate surface area is 79.4 Å². The van der Waals surface area contributed by atoms with Crippen LogP contribution in [-0.4, -0.2) is 15.1 Å². The van der Waals surface area contributed by atoms with Gasteiger partial charge in [-0.05, 0) is 5.92 Å². The molecule has 0 spiro atoms. The molecule has 0 fully saturated rings. The summed E-state index contributed by atoms with van der Waals surface area (Å²) in [6.07, 6.45) is 2.03. The van der Waals surface area contributed by atoms with Gasteiger partial charge in [-0.15, -0.1) is 0 Å². The third-order valence-electron chi connectivity index (χ3n) is 1.27. The molecular formula is C9H22BN2. The Kier molecular flexibility index (Phi) is 15.2. The first-order chi connectivity index (χ1) is 4.80. The lowest BCUT2D eigenvalue weighted by molar-refractivity contribution is 0.684. The molecule has 0 aliphatic carbocycles. The van der Waals surface area contributed by atoms with Gasteiger partial charge in [0, 0.05) is 20.3 Å². The summed E-state index contributed by atoms with van der Waals surface area (Å²) in [4.78, 5) is 0. The van der Waals surface area contributed by atoms with Crippen LogP contribution in [0.5, 0.6) is 0 Å². The molecule has 2 N–H and O–H groups in total. The van der Waals surface area contributed by atoms with Crippen molar-refractivity contribution in [2.45, 2.75) is 35.1 Å². The van der Waals surface area contributed by atoms with E-state index < -0.39 is 0 Å². The molecule has 0 aromatic carbocycles. The van der Waals surface area contributed by atoms with Crippen molar-refractivity contribution < 1.29 is 0 Å². The second kappa shape index (κ2) is 10.4. The zero-order valence-corrected chi connectivity index (χ0v) is 7.94. The van der Waals surface area contributed by atoms with Gasteiger partial charge >= 0.3 is 0 Å². The number of allylic oxidation sites excluding steroid dienone is 1. The Morgan fingerprint density at radius 3 is 2.00 bits per heavy atom. The number of hydrogen-bond acceptors (Lipinski definition) is 2. The van der Waals surface area contributed by atoms with Gasteiger partial charge in [-0.2, -0.15) is 0 Å². The van der Waals surface area contributed by atoms with Crippen molar-refractivity contribution in [3.63, 3.8) is 0 Å². The van der Waals surface area contributed by atoms with E-state index in [9.17, 15) is 0 Å². The summed E-state index contributed by atoms with van der Waals surface area (Å²) in [7, 11) is 0. The van der Waals surface area contributed by atoms with Crippen LogP contribution in [0.15, 0.2) is 11.9 Å². The van der Waals surface area contributed by atoms with E-state index in [0.717, 1.165) is 6.67 Å². The SMILES string of the molecule is C.CC.CC(C)C1=CNCN1.[B]. The Morgan fingerprint density at radius 2 is 1.83 bits per heavy atom. The minimum absolute atomic E-state index is 0. The lowest BCUT2D eigenvalue weighted by atomic mass is 10.2. The maximum Gasteiger partial charge on any atom is 0.0843 e. The Balaban J connectivity index is -0.000000189. The van der Waals surface area contributed by atoms with Gasteiger partial charge < -0.3 is 10.6 Å². The van der Waals surface area contributed by atoms with Crippen LogP contribution < -0.4 is 10.6 Å². The molecule has 12 heavy (non-hydrogen) atoms. The van der Waals surface area contributed by atoms with Crippen molar-refractivity contribution in [3.8, 4) is 0 Å². The van der Waals surface area contributed by atoms with E-state index >= 15 is 0 Å². The van der Waals surface area contributed by atoms with Crippen molar-refractivity contribution in [2.24, 2.45) is 5.92 Å². The van der Waals surface area contributed by atoms with E-state index in [1.54, 1.807) is 0 Å². The lowest BCUT2D eigenvalue weighted by Crippen LogP contribution is -2.16. The molecule has 1 rings (SSSR count). The highest BCUT2D eigenvalue weighted by atomic mass is 15.1. The minimum Gasteiger partial charge on any atom is -0.372 e. The van der Waals surface area contributed by atoms with Crippen molar-refractivity contribution in [2.75, 3.05) is 6.67 Å². The Morgan fingerprint density at radius 1 is 1.33 bits per heavy atom. The van der Waals surface area contributed by atoms with Crippen LogP contribution >= 0.6 is 0 Å². The molecule has 0 aromatic rings. The molecule has 0 bridgehead atoms. The largest absolute Gasteiger partial charge is 0.372 e. The van der Waals surface area contributed by atoms with E-state index in [1.165, 1.54) is 5.70 Å². The molecule has 3 heteroatoms. The Bertz CT molecular complexity index is 111. The maximum absolute atomic E-state index is 3.21. The van der Waals surface area contributed by atoms with E-state index in [2.05, 4.69) is 24.5 Å². The number of hydrogen-bond donors (Lipinski definition) is 2. The molecular weight excluding hydrogens is 147 g/mol. The first-order valence-corrected chi connectivity index (χ1v) is 3.98. The molecule has 1 heterocycles. The van der Waals surface area contributed by atoms with Gasteiger partial charge in [0.15, 0.2) is 0 Å². The van der Waals surface area contributed by atoms with E-state index in [4.69, 9.17) is 0 Å². The molecule has 3 radical (unpaired) electrons. The zero-order valence-electron chi connectivity index (χ0n) is 7.94. The molecule has 0 saturated carbocycles. The smallest absolute Gasteiger partial charge is 0.0843 e. The van der Waals surface area contributed by atoms with Crippen LogP contribution in [0.4, 0.5) is 0 Å². The fourth-order valence-electron chi connectivity index (χ4n) is 0.736. The van der Waals surface area contributed by atoms with Crippen molar-refractivity contribution in [3.05, 3.63) is 11.9 Å². The fourth-order valence-corrected chi connectivity index (χ4v) is 0.736. The topological polar surface area (TPSA) is 24.1 Å². The summed E-state index contributed by atoms with van der Waals surface area (Å²) >= 11 is 0. The van der Waals surface area contributed by atoms with Gasteiger partial charge in [0.2, 0.25) is 0 Å². The molecule has 2 nitrogen and oxygen atoms in total. The van der Waals surface area contributed by atoms with Crippen LogP contribution in [-0.2, 0) is 0 Å². The zero-order chi connectivity index (χ0) is 7.98. The lowest BCUT2D eigenvalue weighted by Gasteiger charge is -2.03. The summed E-state index contributed by atoms with van der Waals surface area (Å²) in [5.41, 5.74) is 1.31. The van der Waals surface area contributed by atoms with Gasteiger partial charge in [0.1, 0.15) is 0 Å². The monoisotopic (exact) mass is 169 g/mol. The standard InChI is InChI=1S/C6H12N2.C2H6.CH4.B/c1-5(2)6-3-7-4-8-6;1-2;;/h3,5,7-8H,4H2,1-2H3;1-2H3;1H4;. The molecule has 0 aromatic heterocycles. The number of nitrogens with one attached hydrogen (secondary N) is 2. The normalized spacial score (nSPS) is 12.2. The third kappa shape index (κ3) is 6.14. The molecule has 0 unspecified atom stereocenters. The average Bonchev–Trinajstić information content (AvgIpc) is 2.42. The minimum atomic E-state index is 0. The highest BCUT2D eigenvalue weighted by Crippen LogP contribution is 2.05. The van der Waals surface area contributed by atoms with Crippen molar-refractivity contribution in [1.82, 2.24) is 10.6 Å². The van der Waals surface area contributed by atoms with Crippen LogP contribution in [0, 0.1) is 5.92 Å². The van der Waals surface area contributed by atoms with E-state index in [-0.39, 0.29) is 15.8 Å². The summed E-state index contributed by atoms with van der Waals surface area (Å²) in [6, 6.07) is 0. The van der Waals surface area contributed by atoms with Crippen LogP contribution in [0.3, 0.4) is 0 Å². The van der Waals surface area contributed by atoms with E-state index in [0.29, 0.717) is 5.92 Å². The second-order valence-corrected chi connectivity index (χ2v) is 2.31. The molecule has 1 aliphatic rings. The molecule has 0 atom stereocenters. The summed E-state index contributed by atoms with van der Waals surface area (Å²) in [6.45, 7) is 9.24. The third-order valence-corrected chi connectivity index (χ3v) is 1.27. The molecule has 71 valence electrons. The van der Waals surface area contributed by atoms with Gasteiger partial charge in [0.25, 0.3) is 0 Å². The molecule has 1 aliphatic heterocycles. The maximum atomic E-state index is 3.21. The highest BCUT2D eigenvalue weighted by molar-refractivity contribution is 5.75. The highest BCUT2D eigenvalue weighted by Gasteiger charge is 2.04. The van der Waals surface area contributed by atoms with Gasteiger partial charge in [-0.25, -0.2) is 0 Å². The fraction of sp³-hybridized carbons (Fsp3) is 0.778. The number of rotatable bonds is 1. The van der Waals surface area contributed by atoms with Crippen LogP contribution in [0.2, 0.25) is 0 Å². The van der Waals surface area contributed by atoms with Crippen molar-refractivity contribution >= 4 is 8.41 Å². The second-order valence-electron chi connectivity index (χ2n) is 2.31. The molecule has 0 amide bonds. The first-order valence-electron chi connectivity index (χ1n) is 3.98.